The lowest BCUT2D eigenvalue weighted by Gasteiger charge is -2.35. The Bertz CT molecular complexity index is 950. The van der Waals surface area contributed by atoms with E-state index in [1.165, 1.54) is 18.3 Å². The van der Waals surface area contributed by atoms with Crippen molar-refractivity contribution in [3.63, 3.8) is 0 Å². The Balaban J connectivity index is 2.26. The van der Waals surface area contributed by atoms with E-state index in [0.717, 1.165) is 23.2 Å². The van der Waals surface area contributed by atoms with Crippen LogP contribution in [0.15, 0.2) is 42.2 Å². The summed E-state index contributed by atoms with van der Waals surface area (Å²) in [5.41, 5.74) is -2.01. The number of hydrazine groups is 1. The van der Waals surface area contributed by atoms with Crippen LogP contribution in [0.1, 0.15) is 10.4 Å². The van der Waals surface area contributed by atoms with Crippen molar-refractivity contribution in [2.75, 3.05) is 16.6 Å². The lowest BCUT2D eigenvalue weighted by molar-refractivity contribution is -0.0927. The summed E-state index contributed by atoms with van der Waals surface area (Å²) in [5, 5.41) is 11.0. The van der Waals surface area contributed by atoms with Gasteiger partial charge in [-0.05, 0) is 30.3 Å². The van der Waals surface area contributed by atoms with Gasteiger partial charge in [0.25, 0.3) is 0 Å². The Morgan fingerprint density at radius 2 is 1.89 bits per heavy atom. The van der Waals surface area contributed by atoms with Gasteiger partial charge in [-0.15, -0.1) is 0 Å². The third kappa shape index (κ3) is 3.65. The number of anilines is 2. The first kappa shape index (κ1) is 19.6. The van der Waals surface area contributed by atoms with E-state index in [1.807, 2.05) is 0 Å². The molecule has 0 aliphatic carbocycles. The fraction of sp³-hybridized carbons (Fsp3) is 0.125. The lowest BCUT2D eigenvalue weighted by atomic mass is 10.1. The predicted octanol–water partition coefficient (Wildman–Crippen LogP) is 5.43. The highest BCUT2D eigenvalue weighted by atomic mass is 35.5. The van der Waals surface area contributed by atoms with Crippen molar-refractivity contribution in [1.82, 2.24) is 4.98 Å². The maximum Gasteiger partial charge on any atom is 0.433 e. The maximum atomic E-state index is 13.6. The van der Waals surface area contributed by atoms with Gasteiger partial charge in [-0.1, -0.05) is 34.8 Å². The van der Waals surface area contributed by atoms with Crippen LogP contribution in [0, 0.1) is 0 Å². The van der Waals surface area contributed by atoms with Gasteiger partial charge in [0.2, 0.25) is 0 Å². The van der Waals surface area contributed by atoms with Gasteiger partial charge in [0.05, 0.1) is 27.8 Å². The number of carbonyl (C=O) groups is 1. The average Bonchev–Trinajstić information content (AvgIpc) is 2.99. The summed E-state index contributed by atoms with van der Waals surface area (Å²) in [6.45, 7) is -0.246. The number of hydrogen-bond acceptors (Lipinski definition) is 4. The number of pyridine rings is 1. The third-order valence-corrected chi connectivity index (χ3v) is 4.47. The second-order valence-corrected chi connectivity index (χ2v) is 6.63. The molecule has 0 bridgehead atoms. The van der Waals surface area contributed by atoms with E-state index in [4.69, 9.17) is 34.8 Å². The molecule has 1 aromatic heterocycles. The summed E-state index contributed by atoms with van der Waals surface area (Å²) >= 11 is 18.0. The first-order chi connectivity index (χ1) is 12.6. The summed E-state index contributed by atoms with van der Waals surface area (Å²) in [6.07, 6.45) is -2.54. The standard InChI is InChI=1S/C16H9Cl3F3N3O2/c17-8-6-9(15(26)27)13(11(19)7-8)25-12(16(20,21)22)3-5-24(25)14-10(18)2-1-4-23-14/h1-4,6-7H,5H2,(H,26,27). The molecule has 0 saturated carbocycles. The molecule has 0 radical (unpaired) electrons. The third-order valence-electron chi connectivity index (χ3n) is 3.67. The van der Waals surface area contributed by atoms with Crippen LogP contribution >= 0.6 is 34.8 Å². The van der Waals surface area contributed by atoms with E-state index in [9.17, 15) is 23.1 Å². The lowest BCUT2D eigenvalue weighted by Crippen LogP contribution is -2.43. The minimum absolute atomic E-state index is 0.0111. The van der Waals surface area contributed by atoms with Crippen LogP contribution in [-0.4, -0.2) is 28.8 Å². The van der Waals surface area contributed by atoms with Gasteiger partial charge in [-0.2, -0.15) is 13.2 Å². The Morgan fingerprint density at radius 1 is 1.19 bits per heavy atom. The highest BCUT2D eigenvalue weighted by Crippen LogP contribution is 2.44. The van der Waals surface area contributed by atoms with Crippen molar-refractivity contribution in [3.05, 3.63) is 62.9 Å². The fourth-order valence-electron chi connectivity index (χ4n) is 2.64. The molecular formula is C16H9Cl3F3N3O2. The van der Waals surface area contributed by atoms with E-state index in [2.05, 4.69) is 4.98 Å². The van der Waals surface area contributed by atoms with Crippen molar-refractivity contribution in [1.29, 1.82) is 0 Å². The van der Waals surface area contributed by atoms with E-state index < -0.39 is 29.1 Å². The summed E-state index contributed by atoms with van der Waals surface area (Å²) < 4.78 is 40.9. The number of hydrogen-bond donors (Lipinski definition) is 1. The van der Waals surface area contributed by atoms with Crippen molar-refractivity contribution < 1.29 is 23.1 Å². The molecule has 2 heterocycles. The monoisotopic (exact) mass is 437 g/mol. The van der Waals surface area contributed by atoms with Crippen LogP contribution < -0.4 is 10.0 Å². The fourth-order valence-corrected chi connectivity index (χ4v) is 3.43. The van der Waals surface area contributed by atoms with Crippen LogP contribution in [0.4, 0.5) is 24.7 Å². The molecule has 3 rings (SSSR count). The zero-order chi connectivity index (χ0) is 19.9. The number of halogens is 6. The molecule has 1 aromatic carbocycles. The van der Waals surface area contributed by atoms with Crippen LogP contribution in [0.25, 0.3) is 0 Å². The molecule has 1 N–H and O–H groups in total. The highest BCUT2D eigenvalue weighted by molar-refractivity contribution is 6.37. The van der Waals surface area contributed by atoms with Gasteiger partial charge in [-0.25, -0.2) is 14.8 Å². The summed E-state index contributed by atoms with van der Waals surface area (Å²) in [7, 11) is 0. The molecule has 11 heteroatoms. The highest BCUT2D eigenvalue weighted by Gasteiger charge is 2.46. The van der Waals surface area contributed by atoms with E-state index in [0.29, 0.717) is 5.01 Å². The molecule has 27 heavy (non-hydrogen) atoms. The van der Waals surface area contributed by atoms with Gasteiger partial charge in [0.15, 0.2) is 5.82 Å². The number of rotatable bonds is 3. The minimum Gasteiger partial charge on any atom is -0.478 e. The zero-order valence-electron chi connectivity index (χ0n) is 13.1. The first-order valence-electron chi connectivity index (χ1n) is 7.29. The molecule has 5 nitrogen and oxygen atoms in total. The minimum atomic E-state index is -4.78. The number of nitrogens with zero attached hydrogens (tertiary/aromatic N) is 3. The van der Waals surface area contributed by atoms with Crippen molar-refractivity contribution >= 4 is 52.3 Å². The van der Waals surface area contributed by atoms with Crippen molar-refractivity contribution in [2.45, 2.75) is 6.18 Å². The SMILES string of the molecule is O=C(O)c1cc(Cl)cc(Cl)c1N1C(C(F)(F)F)=CCN1c1ncccc1Cl. The van der Waals surface area contributed by atoms with Gasteiger partial charge in [0.1, 0.15) is 5.70 Å². The van der Waals surface area contributed by atoms with E-state index in [-0.39, 0.29) is 27.4 Å². The number of aromatic carboxylic acids is 1. The van der Waals surface area contributed by atoms with Gasteiger partial charge >= 0.3 is 12.1 Å². The zero-order valence-corrected chi connectivity index (χ0v) is 15.4. The molecule has 0 saturated heterocycles. The van der Waals surface area contributed by atoms with Gasteiger partial charge < -0.3 is 5.11 Å². The molecule has 142 valence electrons. The smallest absolute Gasteiger partial charge is 0.433 e. The molecule has 0 atom stereocenters. The molecule has 2 aromatic rings. The Morgan fingerprint density at radius 3 is 2.48 bits per heavy atom. The molecule has 0 unspecified atom stereocenters. The summed E-state index contributed by atoms with van der Waals surface area (Å²) in [4.78, 5) is 15.7. The van der Waals surface area contributed by atoms with Gasteiger partial charge in [-0.3, -0.25) is 5.01 Å². The largest absolute Gasteiger partial charge is 0.478 e. The molecule has 1 aliphatic heterocycles. The molecule has 0 fully saturated rings. The number of benzene rings is 1. The quantitative estimate of drug-likeness (QED) is 0.693. The second-order valence-electron chi connectivity index (χ2n) is 5.38. The normalized spacial score (nSPS) is 14.5. The summed E-state index contributed by atoms with van der Waals surface area (Å²) in [6, 6.07) is 5.16. The molecular weight excluding hydrogens is 430 g/mol. The number of alkyl halides is 3. The Hall–Kier alpha value is -2.16. The maximum absolute atomic E-state index is 13.6. The molecule has 0 amide bonds. The van der Waals surface area contributed by atoms with Crippen LogP contribution in [0.5, 0.6) is 0 Å². The topological polar surface area (TPSA) is 56.7 Å². The second kappa shape index (κ2) is 7.10. The average molecular weight is 439 g/mol. The van der Waals surface area contributed by atoms with Crippen molar-refractivity contribution in [3.8, 4) is 0 Å². The first-order valence-corrected chi connectivity index (χ1v) is 8.42. The van der Waals surface area contributed by atoms with Crippen LogP contribution in [-0.2, 0) is 0 Å². The number of carboxylic acids is 1. The number of carboxylic acid groups (broad SMARTS) is 1. The van der Waals surface area contributed by atoms with Crippen LogP contribution in [0.2, 0.25) is 15.1 Å². The van der Waals surface area contributed by atoms with Crippen LogP contribution in [0.3, 0.4) is 0 Å². The molecule has 0 spiro atoms. The van der Waals surface area contributed by atoms with E-state index >= 15 is 0 Å². The Labute approximate surface area is 166 Å². The van der Waals surface area contributed by atoms with Crippen molar-refractivity contribution in [2.24, 2.45) is 0 Å². The number of aromatic nitrogens is 1. The Kier molecular flexibility index (Phi) is 5.16. The van der Waals surface area contributed by atoms with E-state index in [1.54, 1.807) is 0 Å². The number of allylic oxidation sites excluding steroid dienone is 1. The predicted molar refractivity (Wildman–Crippen MR) is 96.6 cm³/mol. The van der Waals surface area contributed by atoms with Gasteiger partial charge in [0, 0.05) is 11.2 Å². The molecule has 1 aliphatic rings. The summed E-state index contributed by atoms with van der Waals surface area (Å²) in [5.74, 6) is -1.48.